The number of carbonyl (C=O) groups excluding carboxylic acids is 2. The Morgan fingerprint density at radius 3 is 2.11 bits per heavy atom. The van der Waals surface area contributed by atoms with Crippen LogP contribution in [0.25, 0.3) is 0 Å². The molecule has 0 aliphatic rings. The lowest BCUT2D eigenvalue weighted by molar-refractivity contribution is -0.145. The number of carboxylic acid groups (broad SMARTS) is 2. The van der Waals surface area contributed by atoms with Crippen molar-refractivity contribution in [3.8, 4) is 0 Å². The third-order valence-corrected chi connectivity index (χ3v) is 3.32. The van der Waals surface area contributed by atoms with Crippen molar-refractivity contribution in [3.05, 3.63) is 35.4 Å². The van der Waals surface area contributed by atoms with Crippen LogP contribution in [-0.4, -0.2) is 60.5 Å². The summed E-state index contributed by atoms with van der Waals surface area (Å²) < 4.78 is 15.0. The van der Waals surface area contributed by atoms with E-state index >= 15 is 0 Å². The highest BCUT2D eigenvalue weighted by molar-refractivity contribution is 5.94. The SMILES string of the molecule is O=C(O)CCCCC(=O)OCCOCCOC(=O)c1cccc(C(=O)O)c1. The number of carboxylic acids is 2. The second kappa shape index (κ2) is 12.4. The first-order valence-corrected chi connectivity index (χ1v) is 8.36. The number of hydrogen-bond acceptors (Lipinski definition) is 7. The van der Waals surface area contributed by atoms with Gasteiger partial charge in [-0.2, -0.15) is 0 Å². The molecule has 0 atom stereocenters. The zero-order chi connectivity index (χ0) is 20.1. The first-order chi connectivity index (χ1) is 12.9. The van der Waals surface area contributed by atoms with Crippen LogP contribution in [0.1, 0.15) is 46.4 Å². The summed E-state index contributed by atoms with van der Waals surface area (Å²) in [6.45, 7) is 0.249. The van der Waals surface area contributed by atoms with Crippen LogP contribution in [0.2, 0.25) is 0 Å². The molecule has 0 saturated heterocycles. The van der Waals surface area contributed by atoms with Gasteiger partial charge in [0.05, 0.1) is 24.3 Å². The van der Waals surface area contributed by atoms with Gasteiger partial charge in [-0.05, 0) is 31.0 Å². The van der Waals surface area contributed by atoms with Crippen LogP contribution < -0.4 is 0 Å². The average molecular weight is 382 g/mol. The molecule has 0 aliphatic carbocycles. The van der Waals surface area contributed by atoms with Gasteiger partial charge in [-0.25, -0.2) is 9.59 Å². The van der Waals surface area contributed by atoms with Crippen molar-refractivity contribution in [2.45, 2.75) is 25.7 Å². The van der Waals surface area contributed by atoms with Gasteiger partial charge in [0.1, 0.15) is 13.2 Å². The molecular formula is C18H22O9. The lowest BCUT2D eigenvalue weighted by Crippen LogP contribution is -2.15. The minimum absolute atomic E-state index is 0.00882. The number of unbranched alkanes of at least 4 members (excludes halogenated alkanes) is 1. The predicted molar refractivity (Wildman–Crippen MR) is 91.6 cm³/mol. The van der Waals surface area contributed by atoms with Crippen LogP contribution in [0.4, 0.5) is 0 Å². The van der Waals surface area contributed by atoms with Gasteiger partial charge in [0, 0.05) is 12.8 Å². The molecule has 27 heavy (non-hydrogen) atoms. The highest BCUT2D eigenvalue weighted by Gasteiger charge is 2.10. The molecule has 0 aliphatic heterocycles. The Labute approximate surface area is 155 Å². The first-order valence-electron chi connectivity index (χ1n) is 8.36. The largest absolute Gasteiger partial charge is 0.481 e. The van der Waals surface area contributed by atoms with E-state index in [1.165, 1.54) is 24.3 Å². The third kappa shape index (κ3) is 9.95. The van der Waals surface area contributed by atoms with E-state index in [-0.39, 0.29) is 50.4 Å². The molecule has 9 heteroatoms. The Morgan fingerprint density at radius 1 is 0.815 bits per heavy atom. The molecule has 0 heterocycles. The quantitative estimate of drug-likeness (QED) is 0.386. The molecule has 2 N–H and O–H groups in total. The molecule has 0 radical (unpaired) electrons. The number of benzene rings is 1. The number of aromatic carboxylic acids is 1. The van der Waals surface area contributed by atoms with Crippen molar-refractivity contribution in [1.29, 1.82) is 0 Å². The maximum absolute atomic E-state index is 11.8. The van der Waals surface area contributed by atoms with Crippen molar-refractivity contribution in [2.75, 3.05) is 26.4 Å². The van der Waals surface area contributed by atoms with Crippen molar-refractivity contribution in [2.24, 2.45) is 0 Å². The average Bonchev–Trinajstić information content (AvgIpc) is 2.64. The highest BCUT2D eigenvalue weighted by atomic mass is 16.6. The van der Waals surface area contributed by atoms with Gasteiger partial charge < -0.3 is 24.4 Å². The minimum Gasteiger partial charge on any atom is -0.481 e. The predicted octanol–water partition coefficient (Wildman–Crippen LogP) is 1.75. The summed E-state index contributed by atoms with van der Waals surface area (Å²) in [4.78, 5) is 44.3. The highest BCUT2D eigenvalue weighted by Crippen LogP contribution is 2.07. The summed E-state index contributed by atoms with van der Waals surface area (Å²) in [5.74, 6) is -3.11. The van der Waals surface area contributed by atoms with E-state index in [2.05, 4.69) is 0 Å². The molecule has 0 saturated carbocycles. The molecule has 0 bridgehead atoms. The first kappa shape index (κ1) is 22.1. The van der Waals surface area contributed by atoms with Crippen LogP contribution in [0.3, 0.4) is 0 Å². The fourth-order valence-corrected chi connectivity index (χ4v) is 1.99. The van der Waals surface area contributed by atoms with Crippen molar-refractivity contribution >= 4 is 23.9 Å². The fraction of sp³-hybridized carbons (Fsp3) is 0.444. The summed E-state index contributed by atoms with van der Waals surface area (Å²) in [7, 11) is 0. The van der Waals surface area contributed by atoms with Crippen molar-refractivity contribution in [3.63, 3.8) is 0 Å². The molecule has 0 aromatic heterocycles. The Balaban J connectivity index is 2.07. The second-order valence-corrected chi connectivity index (χ2v) is 5.46. The van der Waals surface area contributed by atoms with Crippen LogP contribution >= 0.6 is 0 Å². The van der Waals surface area contributed by atoms with Gasteiger partial charge in [-0.1, -0.05) is 6.07 Å². The Hall–Kier alpha value is -2.94. The maximum Gasteiger partial charge on any atom is 0.338 e. The van der Waals surface area contributed by atoms with Crippen molar-refractivity contribution in [1.82, 2.24) is 0 Å². The maximum atomic E-state index is 11.8. The standard InChI is InChI=1S/C18H22O9/c19-15(20)6-1-2-7-16(21)26-10-8-25-9-11-27-18(24)14-5-3-4-13(12-14)17(22)23/h3-5,12H,1-2,6-11H2,(H,19,20)(H,22,23). The van der Waals surface area contributed by atoms with E-state index in [4.69, 9.17) is 24.4 Å². The molecule has 1 rings (SSSR count). The number of hydrogen-bond donors (Lipinski definition) is 2. The number of rotatable bonds is 13. The summed E-state index contributed by atoms with van der Waals surface area (Å²) in [6.07, 6.45) is 1.04. The molecule has 9 nitrogen and oxygen atoms in total. The smallest absolute Gasteiger partial charge is 0.338 e. The summed E-state index contributed by atoms with van der Waals surface area (Å²) in [5, 5.41) is 17.3. The lowest BCUT2D eigenvalue weighted by Gasteiger charge is -2.07. The molecular weight excluding hydrogens is 360 g/mol. The van der Waals surface area contributed by atoms with Gasteiger partial charge in [0.2, 0.25) is 0 Å². The fourth-order valence-electron chi connectivity index (χ4n) is 1.99. The van der Waals surface area contributed by atoms with Crippen molar-refractivity contribution < 1.29 is 43.6 Å². The molecule has 1 aromatic rings. The molecule has 0 amide bonds. The van der Waals surface area contributed by atoms with E-state index < -0.39 is 23.9 Å². The van der Waals surface area contributed by atoms with E-state index in [0.717, 1.165) is 0 Å². The number of ether oxygens (including phenoxy) is 3. The van der Waals surface area contributed by atoms with Gasteiger partial charge in [-0.15, -0.1) is 0 Å². The van der Waals surface area contributed by atoms with Gasteiger partial charge in [0.25, 0.3) is 0 Å². The Bertz CT molecular complexity index is 654. The molecule has 0 unspecified atom stereocenters. The molecule has 148 valence electrons. The normalized spacial score (nSPS) is 10.2. The topological polar surface area (TPSA) is 136 Å². The van der Waals surface area contributed by atoms with Crippen LogP contribution in [0.15, 0.2) is 24.3 Å². The van der Waals surface area contributed by atoms with Crippen LogP contribution in [0, 0.1) is 0 Å². The van der Waals surface area contributed by atoms with Gasteiger partial charge >= 0.3 is 23.9 Å². The summed E-state index contributed by atoms with van der Waals surface area (Å²) in [6, 6.07) is 5.50. The van der Waals surface area contributed by atoms with Crippen LogP contribution in [-0.2, 0) is 23.8 Å². The molecule has 0 fully saturated rings. The minimum atomic E-state index is -1.13. The lowest BCUT2D eigenvalue weighted by atomic mass is 10.1. The van der Waals surface area contributed by atoms with E-state index in [1.807, 2.05) is 0 Å². The zero-order valence-electron chi connectivity index (χ0n) is 14.7. The monoisotopic (exact) mass is 382 g/mol. The Kier molecular flexibility index (Phi) is 10.2. The van der Waals surface area contributed by atoms with E-state index in [1.54, 1.807) is 0 Å². The third-order valence-electron chi connectivity index (χ3n) is 3.32. The number of esters is 2. The van der Waals surface area contributed by atoms with E-state index in [0.29, 0.717) is 12.8 Å². The van der Waals surface area contributed by atoms with E-state index in [9.17, 15) is 19.2 Å². The zero-order valence-corrected chi connectivity index (χ0v) is 14.7. The summed E-state index contributed by atoms with van der Waals surface area (Å²) >= 11 is 0. The van der Waals surface area contributed by atoms with Gasteiger partial charge in [0.15, 0.2) is 0 Å². The second-order valence-electron chi connectivity index (χ2n) is 5.46. The number of carbonyl (C=O) groups is 4. The van der Waals surface area contributed by atoms with Gasteiger partial charge in [-0.3, -0.25) is 9.59 Å². The summed E-state index contributed by atoms with van der Waals surface area (Å²) in [5.41, 5.74) is 0.122. The molecule has 1 aromatic carbocycles. The number of aliphatic carboxylic acids is 1. The van der Waals surface area contributed by atoms with Crippen LogP contribution in [0.5, 0.6) is 0 Å². The molecule has 0 spiro atoms. The Morgan fingerprint density at radius 2 is 1.44 bits per heavy atom.